The fourth-order valence-electron chi connectivity index (χ4n) is 2.95. The Morgan fingerprint density at radius 3 is 2.92 bits per heavy atom. The number of furan rings is 1. The van der Waals surface area contributed by atoms with Crippen LogP contribution in [0.4, 0.5) is 0 Å². The molecule has 8 heteroatoms. The van der Waals surface area contributed by atoms with Crippen LogP contribution in [0.3, 0.4) is 0 Å². The summed E-state index contributed by atoms with van der Waals surface area (Å²) in [5.41, 5.74) is 2.66. The molecule has 2 N–H and O–H groups in total. The van der Waals surface area contributed by atoms with Crippen molar-refractivity contribution in [2.75, 3.05) is 13.1 Å². The summed E-state index contributed by atoms with van der Waals surface area (Å²) in [5, 5.41) is 24.8. The second kappa shape index (κ2) is 5.88. The van der Waals surface area contributed by atoms with Gasteiger partial charge in [0.05, 0.1) is 24.5 Å². The SMILES string of the molecule is Cc1ccc(-c2[nH]ncc2CN2CC(n3cc(C(C)O)nn3)C2)o1. The average Bonchev–Trinajstić information content (AvgIpc) is 3.22. The lowest BCUT2D eigenvalue weighted by atomic mass is 10.1. The van der Waals surface area contributed by atoms with Gasteiger partial charge in [0.15, 0.2) is 5.76 Å². The quantitative estimate of drug-likeness (QED) is 0.740. The highest BCUT2D eigenvalue weighted by Gasteiger charge is 2.30. The third-order valence-corrected chi connectivity index (χ3v) is 4.37. The van der Waals surface area contributed by atoms with E-state index in [2.05, 4.69) is 25.4 Å². The lowest BCUT2D eigenvalue weighted by Gasteiger charge is -2.38. The normalized spacial score (nSPS) is 17.1. The average molecular weight is 328 g/mol. The van der Waals surface area contributed by atoms with Crippen LogP contribution in [0, 0.1) is 6.92 Å². The molecule has 24 heavy (non-hydrogen) atoms. The number of H-pyrrole nitrogens is 1. The predicted molar refractivity (Wildman–Crippen MR) is 86.0 cm³/mol. The first-order valence-electron chi connectivity index (χ1n) is 8.01. The number of likely N-dealkylation sites (tertiary alicyclic amines) is 1. The molecule has 0 amide bonds. The molecule has 1 atom stereocenters. The molecule has 0 aromatic carbocycles. The van der Waals surface area contributed by atoms with Crippen LogP contribution in [0.2, 0.25) is 0 Å². The van der Waals surface area contributed by atoms with Gasteiger partial charge in [-0.2, -0.15) is 5.10 Å². The zero-order valence-electron chi connectivity index (χ0n) is 13.7. The smallest absolute Gasteiger partial charge is 0.152 e. The summed E-state index contributed by atoms with van der Waals surface area (Å²) in [7, 11) is 0. The van der Waals surface area contributed by atoms with Crippen molar-refractivity contribution in [1.29, 1.82) is 0 Å². The Bertz CT molecular complexity index is 827. The van der Waals surface area contributed by atoms with Gasteiger partial charge in [0, 0.05) is 25.2 Å². The summed E-state index contributed by atoms with van der Waals surface area (Å²) < 4.78 is 7.52. The highest BCUT2D eigenvalue weighted by atomic mass is 16.3. The number of aliphatic hydroxyl groups excluding tert-OH is 1. The summed E-state index contributed by atoms with van der Waals surface area (Å²) in [4.78, 5) is 2.32. The molecule has 126 valence electrons. The van der Waals surface area contributed by atoms with E-state index >= 15 is 0 Å². The van der Waals surface area contributed by atoms with E-state index in [9.17, 15) is 5.11 Å². The molecule has 0 spiro atoms. The van der Waals surface area contributed by atoms with Crippen molar-refractivity contribution >= 4 is 0 Å². The van der Waals surface area contributed by atoms with Gasteiger partial charge in [-0.1, -0.05) is 5.21 Å². The Hall–Kier alpha value is -2.45. The highest BCUT2D eigenvalue weighted by Crippen LogP contribution is 2.28. The van der Waals surface area contributed by atoms with E-state index in [1.54, 1.807) is 6.92 Å². The van der Waals surface area contributed by atoms with E-state index in [1.807, 2.05) is 36.1 Å². The van der Waals surface area contributed by atoms with Gasteiger partial charge in [0.1, 0.15) is 17.1 Å². The molecule has 4 rings (SSSR count). The molecule has 3 aromatic heterocycles. The van der Waals surface area contributed by atoms with Crippen LogP contribution < -0.4 is 0 Å². The van der Waals surface area contributed by atoms with Gasteiger partial charge in [0.2, 0.25) is 0 Å². The van der Waals surface area contributed by atoms with Gasteiger partial charge >= 0.3 is 0 Å². The molecule has 3 aromatic rings. The third-order valence-electron chi connectivity index (χ3n) is 4.37. The highest BCUT2D eigenvalue weighted by molar-refractivity contribution is 5.56. The van der Waals surface area contributed by atoms with Gasteiger partial charge in [0.25, 0.3) is 0 Å². The van der Waals surface area contributed by atoms with Crippen molar-refractivity contribution < 1.29 is 9.52 Å². The van der Waals surface area contributed by atoms with Crippen LogP contribution in [-0.2, 0) is 6.54 Å². The molecule has 0 bridgehead atoms. The van der Waals surface area contributed by atoms with E-state index in [-0.39, 0.29) is 0 Å². The Morgan fingerprint density at radius 2 is 2.25 bits per heavy atom. The maximum atomic E-state index is 9.53. The van der Waals surface area contributed by atoms with Crippen LogP contribution in [0.5, 0.6) is 0 Å². The lowest BCUT2D eigenvalue weighted by molar-refractivity contribution is 0.0897. The molecule has 1 saturated heterocycles. The van der Waals surface area contributed by atoms with Crippen molar-refractivity contribution in [3.05, 3.63) is 41.5 Å². The van der Waals surface area contributed by atoms with Crippen LogP contribution >= 0.6 is 0 Å². The van der Waals surface area contributed by atoms with Crippen LogP contribution in [-0.4, -0.2) is 48.3 Å². The van der Waals surface area contributed by atoms with Crippen molar-refractivity contribution in [2.24, 2.45) is 0 Å². The van der Waals surface area contributed by atoms with Crippen molar-refractivity contribution in [3.63, 3.8) is 0 Å². The predicted octanol–water partition coefficient (Wildman–Crippen LogP) is 1.68. The molecule has 1 unspecified atom stereocenters. The molecule has 8 nitrogen and oxygen atoms in total. The van der Waals surface area contributed by atoms with Crippen molar-refractivity contribution in [2.45, 2.75) is 32.5 Å². The van der Waals surface area contributed by atoms with Gasteiger partial charge in [-0.05, 0) is 26.0 Å². The summed E-state index contributed by atoms with van der Waals surface area (Å²) in [5.74, 6) is 1.70. The van der Waals surface area contributed by atoms with Gasteiger partial charge < -0.3 is 9.52 Å². The number of aromatic nitrogens is 5. The number of hydrogen-bond donors (Lipinski definition) is 2. The Balaban J connectivity index is 1.39. The second-order valence-corrected chi connectivity index (χ2v) is 6.33. The maximum Gasteiger partial charge on any atom is 0.152 e. The van der Waals surface area contributed by atoms with Gasteiger partial charge in [-0.3, -0.25) is 10.00 Å². The summed E-state index contributed by atoms with van der Waals surface area (Å²) in [6, 6.07) is 4.20. The molecular formula is C16H20N6O2. The Labute approximate surface area is 139 Å². The van der Waals surface area contributed by atoms with Crippen LogP contribution in [0.1, 0.15) is 36.1 Å². The first kappa shape index (κ1) is 15.1. The van der Waals surface area contributed by atoms with Crippen LogP contribution in [0.15, 0.2) is 28.9 Å². The van der Waals surface area contributed by atoms with E-state index in [4.69, 9.17) is 4.42 Å². The van der Waals surface area contributed by atoms with Crippen molar-refractivity contribution in [3.8, 4) is 11.5 Å². The summed E-state index contributed by atoms with van der Waals surface area (Å²) in [6.45, 7) is 6.21. The Morgan fingerprint density at radius 1 is 1.42 bits per heavy atom. The van der Waals surface area contributed by atoms with Gasteiger partial charge in [-0.25, -0.2) is 4.68 Å². The fraction of sp³-hybridized carbons (Fsp3) is 0.438. The molecule has 1 fully saturated rings. The monoisotopic (exact) mass is 328 g/mol. The number of aryl methyl sites for hydroxylation is 1. The minimum atomic E-state index is -0.583. The number of aliphatic hydroxyl groups is 1. The molecule has 1 aliphatic rings. The standard InChI is InChI=1S/C16H20N6O2/c1-10-3-4-15(24-10)16-12(5-17-19-16)6-21-7-13(8-21)22-9-14(11(2)23)18-20-22/h3-5,9,11,13,23H,6-8H2,1-2H3,(H,17,19). The molecule has 0 radical (unpaired) electrons. The minimum Gasteiger partial charge on any atom is -0.460 e. The zero-order chi connectivity index (χ0) is 16.7. The first-order chi connectivity index (χ1) is 11.6. The lowest BCUT2D eigenvalue weighted by Crippen LogP contribution is -2.47. The number of nitrogens with one attached hydrogen (secondary N) is 1. The van der Waals surface area contributed by atoms with Gasteiger partial charge in [-0.15, -0.1) is 5.10 Å². The van der Waals surface area contributed by atoms with E-state index in [1.165, 1.54) is 0 Å². The Kier molecular flexibility index (Phi) is 3.70. The van der Waals surface area contributed by atoms with Crippen molar-refractivity contribution in [1.82, 2.24) is 30.1 Å². The molecule has 1 aliphatic heterocycles. The maximum absolute atomic E-state index is 9.53. The number of aromatic amines is 1. The molecule has 4 heterocycles. The number of nitrogens with zero attached hydrogens (tertiary/aromatic N) is 5. The van der Waals surface area contributed by atoms with Crippen LogP contribution in [0.25, 0.3) is 11.5 Å². The summed E-state index contributed by atoms with van der Waals surface area (Å²) >= 11 is 0. The molecular weight excluding hydrogens is 308 g/mol. The largest absolute Gasteiger partial charge is 0.460 e. The fourth-order valence-corrected chi connectivity index (χ4v) is 2.95. The number of rotatable bonds is 5. The molecule has 0 aliphatic carbocycles. The topological polar surface area (TPSA) is 96.0 Å². The molecule has 0 saturated carbocycles. The minimum absolute atomic E-state index is 0.297. The zero-order valence-corrected chi connectivity index (χ0v) is 13.7. The van der Waals surface area contributed by atoms with E-state index in [0.29, 0.717) is 11.7 Å². The van der Waals surface area contributed by atoms with E-state index < -0.39 is 6.10 Å². The first-order valence-corrected chi connectivity index (χ1v) is 8.01. The number of hydrogen-bond acceptors (Lipinski definition) is 6. The second-order valence-electron chi connectivity index (χ2n) is 6.33. The summed E-state index contributed by atoms with van der Waals surface area (Å²) in [6.07, 6.45) is 3.09. The third kappa shape index (κ3) is 2.74. The van der Waals surface area contributed by atoms with E-state index in [0.717, 1.165) is 42.4 Å².